The van der Waals surface area contributed by atoms with E-state index < -0.39 is 58.5 Å². The van der Waals surface area contributed by atoms with Crippen molar-refractivity contribution in [1.29, 1.82) is 0 Å². The van der Waals surface area contributed by atoms with Crippen LogP contribution in [0, 0.1) is 5.41 Å². The molecular formula is C18H28O9S. The molecule has 0 aromatic heterocycles. The lowest BCUT2D eigenvalue weighted by Crippen LogP contribution is -2.44. The number of rotatable bonds is 12. The van der Waals surface area contributed by atoms with E-state index in [-0.39, 0.29) is 17.6 Å². The van der Waals surface area contributed by atoms with Gasteiger partial charge in [0, 0.05) is 11.1 Å². The molecule has 0 aromatic rings. The molecular weight excluding hydrogens is 392 g/mol. The summed E-state index contributed by atoms with van der Waals surface area (Å²) in [5.41, 5.74) is -1.33. The Hall–Kier alpha value is -2.20. The van der Waals surface area contributed by atoms with Crippen molar-refractivity contribution >= 4 is 28.0 Å². The lowest BCUT2D eigenvalue weighted by Gasteiger charge is -2.30. The molecule has 0 saturated heterocycles. The average molecular weight is 420 g/mol. The van der Waals surface area contributed by atoms with Crippen molar-refractivity contribution in [1.82, 2.24) is 0 Å². The molecule has 1 unspecified atom stereocenters. The highest BCUT2D eigenvalue weighted by molar-refractivity contribution is 7.86. The summed E-state index contributed by atoms with van der Waals surface area (Å²) in [5, 5.41) is -1.35. The molecule has 1 N–H and O–H groups in total. The Morgan fingerprint density at radius 1 is 1.00 bits per heavy atom. The third-order valence-corrected chi connectivity index (χ3v) is 4.93. The second-order valence-electron chi connectivity index (χ2n) is 6.67. The molecule has 0 fully saturated rings. The van der Waals surface area contributed by atoms with Gasteiger partial charge in [-0.05, 0) is 27.2 Å². The highest BCUT2D eigenvalue weighted by atomic mass is 32.2. The van der Waals surface area contributed by atoms with Gasteiger partial charge >= 0.3 is 17.9 Å². The summed E-state index contributed by atoms with van der Waals surface area (Å²) >= 11 is 0. The van der Waals surface area contributed by atoms with E-state index in [1.165, 1.54) is 13.8 Å². The molecule has 160 valence electrons. The Morgan fingerprint density at radius 3 is 1.75 bits per heavy atom. The predicted octanol–water partition coefficient (Wildman–Crippen LogP) is 1.83. The quantitative estimate of drug-likeness (QED) is 0.217. The molecule has 0 aliphatic rings. The molecule has 0 amide bonds. The third-order valence-electron chi connectivity index (χ3n) is 3.78. The normalized spacial score (nSPS) is 12.6. The van der Waals surface area contributed by atoms with Crippen LogP contribution in [-0.4, -0.2) is 55.9 Å². The zero-order valence-corrected chi connectivity index (χ0v) is 17.5. The third kappa shape index (κ3) is 8.22. The van der Waals surface area contributed by atoms with Crippen LogP contribution in [0.2, 0.25) is 0 Å². The Balaban J connectivity index is 5.56. The molecule has 0 aromatic carbocycles. The maximum absolute atomic E-state index is 12.7. The van der Waals surface area contributed by atoms with Crippen molar-refractivity contribution in [2.75, 3.05) is 19.8 Å². The van der Waals surface area contributed by atoms with Gasteiger partial charge in [0.25, 0.3) is 10.1 Å². The number of ether oxygens (including phenoxy) is 3. The standard InChI is InChI=1S/C18H28O9S/c1-7-8-18(10-26-15(19)12(2)3,11-27-16(20)13(4)5)17(21)25-9-14(6)28(22,23)24/h14H,2,4,7-11H2,1,3,5-6H3,(H,22,23,24). The van der Waals surface area contributed by atoms with Gasteiger partial charge < -0.3 is 14.2 Å². The highest BCUT2D eigenvalue weighted by Gasteiger charge is 2.43. The van der Waals surface area contributed by atoms with E-state index in [1.807, 2.05) is 0 Å². The average Bonchev–Trinajstić information content (AvgIpc) is 2.59. The van der Waals surface area contributed by atoms with Crippen LogP contribution in [0.5, 0.6) is 0 Å². The number of carbonyl (C=O) groups is 3. The van der Waals surface area contributed by atoms with Crippen LogP contribution in [0.25, 0.3) is 0 Å². The fourth-order valence-corrected chi connectivity index (χ4v) is 2.21. The summed E-state index contributed by atoms with van der Waals surface area (Å²) in [5.74, 6) is -2.41. The Labute approximate surface area is 165 Å². The summed E-state index contributed by atoms with van der Waals surface area (Å²) in [6.45, 7) is 11.1. The fourth-order valence-electron chi connectivity index (χ4n) is 1.97. The molecule has 28 heavy (non-hydrogen) atoms. The molecule has 1 atom stereocenters. The number of esters is 3. The summed E-state index contributed by atoms with van der Waals surface area (Å²) < 4.78 is 46.4. The van der Waals surface area contributed by atoms with Crippen molar-refractivity contribution in [2.24, 2.45) is 5.41 Å². The van der Waals surface area contributed by atoms with Crippen LogP contribution in [0.3, 0.4) is 0 Å². The maximum Gasteiger partial charge on any atom is 0.333 e. The first kappa shape index (κ1) is 25.8. The number of hydrogen-bond acceptors (Lipinski definition) is 8. The smallest absolute Gasteiger partial charge is 0.333 e. The largest absolute Gasteiger partial charge is 0.464 e. The van der Waals surface area contributed by atoms with Crippen molar-refractivity contribution in [3.05, 3.63) is 24.3 Å². The van der Waals surface area contributed by atoms with Crippen molar-refractivity contribution in [2.45, 2.75) is 45.8 Å². The highest BCUT2D eigenvalue weighted by Crippen LogP contribution is 2.28. The minimum Gasteiger partial charge on any atom is -0.464 e. The minimum absolute atomic E-state index is 0.109. The van der Waals surface area contributed by atoms with E-state index in [4.69, 9.17) is 18.8 Å². The molecule has 9 nitrogen and oxygen atoms in total. The monoisotopic (exact) mass is 420 g/mol. The molecule has 0 rings (SSSR count). The van der Waals surface area contributed by atoms with E-state index in [0.717, 1.165) is 6.92 Å². The predicted molar refractivity (Wildman–Crippen MR) is 101 cm³/mol. The molecule has 0 heterocycles. The second kappa shape index (κ2) is 11.0. The summed E-state index contributed by atoms with van der Waals surface area (Å²) in [4.78, 5) is 36.2. The van der Waals surface area contributed by atoms with Crippen LogP contribution < -0.4 is 0 Å². The van der Waals surface area contributed by atoms with Gasteiger partial charge in [-0.15, -0.1) is 0 Å². The summed E-state index contributed by atoms with van der Waals surface area (Å²) in [6.07, 6.45) is 0.567. The minimum atomic E-state index is -4.40. The number of hydrogen-bond donors (Lipinski definition) is 1. The van der Waals surface area contributed by atoms with E-state index in [9.17, 15) is 22.8 Å². The zero-order valence-electron chi connectivity index (χ0n) is 16.6. The molecule has 0 aliphatic carbocycles. The SMILES string of the molecule is C=C(C)C(=O)OCC(CCC)(COC(=O)C(=C)C)C(=O)OCC(C)S(=O)(=O)O. The molecule has 0 radical (unpaired) electrons. The topological polar surface area (TPSA) is 133 Å². The first-order chi connectivity index (χ1) is 12.8. The molecule has 0 saturated carbocycles. The molecule has 0 bridgehead atoms. The maximum atomic E-state index is 12.7. The molecule has 0 spiro atoms. The van der Waals surface area contributed by atoms with Gasteiger partial charge in [0.05, 0.1) is 0 Å². The van der Waals surface area contributed by atoms with Gasteiger partial charge in [-0.2, -0.15) is 8.42 Å². The molecule has 0 aliphatic heterocycles. The Kier molecular flexibility index (Phi) is 10.1. The van der Waals surface area contributed by atoms with Crippen LogP contribution in [0.15, 0.2) is 24.3 Å². The zero-order chi connectivity index (χ0) is 22.1. The van der Waals surface area contributed by atoms with Crippen LogP contribution >= 0.6 is 0 Å². The van der Waals surface area contributed by atoms with E-state index >= 15 is 0 Å². The van der Waals surface area contributed by atoms with Crippen LogP contribution in [0.4, 0.5) is 0 Å². The molecule has 10 heteroatoms. The van der Waals surface area contributed by atoms with Crippen molar-refractivity contribution in [3.8, 4) is 0 Å². The number of carbonyl (C=O) groups excluding carboxylic acids is 3. The van der Waals surface area contributed by atoms with Crippen LogP contribution in [0.1, 0.15) is 40.5 Å². The first-order valence-corrected chi connectivity index (χ1v) is 10.1. The van der Waals surface area contributed by atoms with E-state index in [0.29, 0.717) is 6.42 Å². The van der Waals surface area contributed by atoms with Crippen LogP contribution in [-0.2, 0) is 38.7 Å². The Morgan fingerprint density at radius 2 is 1.43 bits per heavy atom. The second-order valence-corrected chi connectivity index (χ2v) is 8.50. The van der Waals surface area contributed by atoms with E-state index in [1.54, 1.807) is 6.92 Å². The lowest BCUT2D eigenvalue weighted by molar-refractivity contribution is -0.170. The summed E-state index contributed by atoms with van der Waals surface area (Å²) in [7, 11) is -4.40. The van der Waals surface area contributed by atoms with Gasteiger partial charge in [-0.3, -0.25) is 9.35 Å². The van der Waals surface area contributed by atoms with E-state index in [2.05, 4.69) is 13.2 Å². The van der Waals surface area contributed by atoms with Gasteiger partial charge in [-0.1, -0.05) is 26.5 Å². The van der Waals surface area contributed by atoms with Gasteiger partial charge in [0.1, 0.15) is 30.5 Å². The summed E-state index contributed by atoms with van der Waals surface area (Å²) in [6, 6.07) is 0. The van der Waals surface area contributed by atoms with Gasteiger partial charge in [0.2, 0.25) is 0 Å². The van der Waals surface area contributed by atoms with Crippen molar-refractivity contribution < 1.29 is 41.6 Å². The Bertz CT molecular complexity index is 691. The van der Waals surface area contributed by atoms with Gasteiger partial charge in [0.15, 0.2) is 0 Å². The first-order valence-electron chi connectivity index (χ1n) is 8.55. The fraction of sp³-hybridized carbons (Fsp3) is 0.611. The van der Waals surface area contributed by atoms with Gasteiger partial charge in [-0.25, -0.2) is 9.59 Å². The lowest BCUT2D eigenvalue weighted by atomic mass is 9.85. The van der Waals surface area contributed by atoms with Crippen molar-refractivity contribution in [3.63, 3.8) is 0 Å².